The van der Waals surface area contributed by atoms with Gasteiger partial charge in [0.05, 0.1) is 12.4 Å². The second-order valence-corrected chi connectivity index (χ2v) is 6.00. The smallest absolute Gasteiger partial charge is 0.215 e. The first-order chi connectivity index (χ1) is 7.60. The Bertz CT molecular complexity index is 312. The number of aliphatic hydroxyl groups excluding tert-OH is 1. The maximum atomic E-state index is 11.8. The molecular weight excluding hydrogens is 228 g/mol. The van der Waals surface area contributed by atoms with Crippen molar-refractivity contribution < 1.29 is 13.5 Å². The standard InChI is InChI=1S/C10H20N2O3S/c1-2-6-12(7-8-13)16(14,15)9-5-11-10-3-4-10/h2,10-11,13H,1,3-9H2. The molecule has 0 unspecified atom stereocenters. The second kappa shape index (κ2) is 6.34. The van der Waals surface area contributed by atoms with E-state index in [9.17, 15) is 8.42 Å². The molecule has 0 aliphatic heterocycles. The van der Waals surface area contributed by atoms with Gasteiger partial charge < -0.3 is 10.4 Å². The van der Waals surface area contributed by atoms with Crippen molar-refractivity contribution in [1.82, 2.24) is 9.62 Å². The highest BCUT2D eigenvalue weighted by molar-refractivity contribution is 7.89. The van der Waals surface area contributed by atoms with E-state index < -0.39 is 10.0 Å². The van der Waals surface area contributed by atoms with Crippen LogP contribution in [0.1, 0.15) is 12.8 Å². The Hall–Kier alpha value is -0.430. The van der Waals surface area contributed by atoms with E-state index in [-0.39, 0.29) is 25.4 Å². The van der Waals surface area contributed by atoms with Gasteiger partial charge in [0, 0.05) is 25.7 Å². The largest absolute Gasteiger partial charge is 0.395 e. The molecule has 1 aliphatic rings. The molecule has 1 fully saturated rings. The Morgan fingerprint density at radius 2 is 2.19 bits per heavy atom. The minimum atomic E-state index is -3.27. The summed E-state index contributed by atoms with van der Waals surface area (Å²) in [6.07, 6.45) is 3.82. The van der Waals surface area contributed by atoms with E-state index >= 15 is 0 Å². The number of aliphatic hydroxyl groups is 1. The fraction of sp³-hybridized carbons (Fsp3) is 0.800. The van der Waals surface area contributed by atoms with E-state index in [1.165, 1.54) is 10.4 Å². The lowest BCUT2D eigenvalue weighted by Crippen LogP contribution is -2.38. The Morgan fingerprint density at radius 1 is 1.50 bits per heavy atom. The summed E-state index contributed by atoms with van der Waals surface area (Å²) in [5, 5.41) is 12.0. The molecule has 0 aromatic carbocycles. The van der Waals surface area contributed by atoms with Crippen LogP contribution < -0.4 is 5.32 Å². The minimum Gasteiger partial charge on any atom is -0.395 e. The molecule has 1 saturated carbocycles. The third kappa shape index (κ3) is 4.61. The van der Waals surface area contributed by atoms with Gasteiger partial charge >= 0.3 is 0 Å². The van der Waals surface area contributed by atoms with Gasteiger partial charge in [0.25, 0.3) is 0 Å². The second-order valence-electron chi connectivity index (χ2n) is 3.91. The van der Waals surface area contributed by atoms with Gasteiger partial charge in [-0.05, 0) is 12.8 Å². The number of nitrogens with one attached hydrogen (secondary N) is 1. The summed E-state index contributed by atoms with van der Waals surface area (Å²) in [7, 11) is -3.27. The Balaban J connectivity index is 2.39. The minimum absolute atomic E-state index is 0.0807. The zero-order valence-electron chi connectivity index (χ0n) is 9.43. The summed E-state index contributed by atoms with van der Waals surface area (Å²) in [5.74, 6) is 0.0807. The first-order valence-corrected chi connectivity index (χ1v) is 7.14. The fourth-order valence-electron chi connectivity index (χ4n) is 1.41. The first-order valence-electron chi connectivity index (χ1n) is 5.53. The van der Waals surface area contributed by atoms with Crippen LogP contribution in [-0.2, 0) is 10.0 Å². The zero-order chi connectivity index (χ0) is 12.0. The molecular formula is C10H20N2O3S. The van der Waals surface area contributed by atoms with Crippen LogP contribution in [0.3, 0.4) is 0 Å². The Morgan fingerprint density at radius 3 is 2.69 bits per heavy atom. The molecule has 0 amide bonds. The van der Waals surface area contributed by atoms with Gasteiger partial charge in [-0.3, -0.25) is 0 Å². The van der Waals surface area contributed by atoms with Crippen molar-refractivity contribution in [1.29, 1.82) is 0 Å². The first kappa shape index (κ1) is 13.6. The molecule has 0 bridgehead atoms. The highest BCUT2D eigenvalue weighted by atomic mass is 32.2. The predicted octanol–water partition coefficient (Wildman–Crippen LogP) is -0.451. The van der Waals surface area contributed by atoms with E-state index in [4.69, 9.17) is 5.11 Å². The number of rotatable bonds is 9. The summed E-state index contributed by atoms with van der Waals surface area (Å²) < 4.78 is 24.9. The number of hydrogen-bond donors (Lipinski definition) is 2. The van der Waals surface area contributed by atoms with Crippen molar-refractivity contribution in [3.63, 3.8) is 0 Å². The molecule has 0 atom stereocenters. The summed E-state index contributed by atoms with van der Waals surface area (Å²) in [6.45, 7) is 4.22. The molecule has 16 heavy (non-hydrogen) atoms. The van der Waals surface area contributed by atoms with Gasteiger partial charge in [0.1, 0.15) is 0 Å². The van der Waals surface area contributed by atoms with Crippen molar-refractivity contribution in [2.75, 3.05) is 32.0 Å². The normalized spacial score (nSPS) is 16.6. The third-order valence-corrected chi connectivity index (χ3v) is 4.28. The van der Waals surface area contributed by atoms with Crippen LogP contribution in [0.2, 0.25) is 0 Å². The number of sulfonamides is 1. The molecule has 1 aliphatic carbocycles. The zero-order valence-corrected chi connectivity index (χ0v) is 10.2. The quantitative estimate of drug-likeness (QED) is 0.542. The van der Waals surface area contributed by atoms with Crippen LogP contribution >= 0.6 is 0 Å². The molecule has 6 heteroatoms. The van der Waals surface area contributed by atoms with Gasteiger partial charge in [0.2, 0.25) is 10.0 Å². The molecule has 0 spiro atoms. The molecule has 0 radical (unpaired) electrons. The molecule has 1 rings (SSSR count). The molecule has 0 saturated heterocycles. The Kier molecular flexibility index (Phi) is 5.40. The SMILES string of the molecule is C=CCN(CCO)S(=O)(=O)CCNC1CC1. The van der Waals surface area contributed by atoms with Gasteiger partial charge in [-0.2, -0.15) is 4.31 Å². The van der Waals surface area contributed by atoms with Gasteiger partial charge in [-0.25, -0.2) is 8.42 Å². The monoisotopic (exact) mass is 248 g/mol. The molecule has 94 valence electrons. The Labute approximate surface area is 97.2 Å². The predicted molar refractivity (Wildman–Crippen MR) is 63.7 cm³/mol. The van der Waals surface area contributed by atoms with Crippen LogP contribution in [0.25, 0.3) is 0 Å². The molecule has 2 N–H and O–H groups in total. The highest BCUT2D eigenvalue weighted by Gasteiger charge is 2.23. The van der Waals surface area contributed by atoms with Gasteiger partial charge in [-0.1, -0.05) is 6.08 Å². The maximum Gasteiger partial charge on any atom is 0.215 e. The van der Waals surface area contributed by atoms with Crippen molar-refractivity contribution >= 4 is 10.0 Å². The summed E-state index contributed by atoms with van der Waals surface area (Å²) in [4.78, 5) is 0. The molecule has 5 nitrogen and oxygen atoms in total. The highest BCUT2D eigenvalue weighted by Crippen LogP contribution is 2.18. The average Bonchev–Trinajstić information content (AvgIpc) is 3.01. The van der Waals surface area contributed by atoms with E-state index in [2.05, 4.69) is 11.9 Å². The van der Waals surface area contributed by atoms with Crippen LogP contribution in [-0.4, -0.2) is 55.9 Å². The van der Waals surface area contributed by atoms with Crippen molar-refractivity contribution in [3.05, 3.63) is 12.7 Å². The van der Waals surface area contributed by atoms with Crippen molar-refractivity contribution in [2.45, 2.75) is 18.9 Å². The average molecular weight is 248 g/mol. The van der Waals surface area contributed by atoms with E-state index in [0.717, 1.165) is 12.8 Å². The number of nitrogens with zero attached hydrogens (tertiary/aromatic N) is 1. The summed E-state index contributed by atoms with van der Waals surface area (Å²) >= 11 is 0. The summed E-state index contributed by atoms with van der Waals surface area (Å²) in [5.41, 5.74) is 0. The van der Waals surface area contributed by atoms with Crippen molar-refractivity contribution in [3.8, 4) is 0 Å². The van der Waals surface area contributed by atoms with Crippen LogP contribution in [0, 0.1) is 0 Å². The van der Waals surface area contributed by atoms with Crippen LogP contribution in [0.5, 0.6) is 0 Å². The lowest BCUT2D eigenvalue weighted by Gasteiger charge is -2.19. The molecule has 0 aromatic rings. The van der Waals surface area contributed by atoms with E-state index in [1.54, 1.807) is 0 Å². The molecule has 0 aromatic heterocycles. The summed E-state index contributed by atoms with van der Waals surface area (Å²) in [6, 6.07) is 0.515. The number of hydrogen-bond acceptors (Lipinski definition) is 4. The van der Waals surface area contributed by atoms with E-state index in [0.29, 0.717) is 12.6 Å². The van der Waals surface area contributed by atoms with Crippen LogP contribution in [0.15, 0.2) is 12.7 Å². The van der Waals surface area contributed by atoms with Crippen molar-refractivity contribution in [2.24, 2.45) is 0 Å². The van der Waals surface area contributed by atoms with E-state index in [1.807, 2.05) is 0 Å². The lowest BCUT2D eigenvalue weighted by atomic mass is 10.6. The van der Waals surface area contributed by atoms with Gasteiger partial charge in [0.15, 0.2) is 0 Å². The fourth-order valence-corrected chi connectivity index (χ4v) is 2.73. The third-order valence-electron chi connectivity index (χ3n) is 2.45. The topological polar surface area (TPSA) is 69.6 Å². The maximum absolute atomic E-state index is 11.8. The lowest BCUT2D eigenvalue weighted by molar-refractivity contribution is 0.260. The van der Waals surface area contributed by atoms with Gasteiger partial charge in [-0.15, -0.1) is 6.58 Å². The van der Waals surface area contributed by atoms with Crippen LogP contribution in [0.4, 0.5) is 0 Å². The molecule has 0 heterocycles.